The molecule has 2 N–H and O–H groups in total. The van der Waals surface area contributed by atoms with Gasteiger partial charge in [-0.15, -0.1) is 0 Å². The summed E-state index contributed by atoms with van der Waals surface area (Å²) < 4.78 is 1.92. The molecular formula is C15H21ClN4. The molecule has 0 saturated carbocycles. The average Bonchev–Trinajstić information content (AvgIpc) is 2.79. The zero-order valence-electron chi connectivity index (χ0n) is 12.2. The maximum absolute atomic E-state index is 6.33. The van der Waals surface area contributed by atoms with Crippen LogP contribution in [0.3, 0.4) is 0 Å². The molecule has 1 aromatic heterocycles. The Bertz CT molecular complexity index is 577. The van der Waals surface area contributed by atoms with Gasteiger partial charge in [-0.1, -0.05) is 43.6 Å². The van der Waals surface area contributed by atoms with Gasteiger partial charge in [-0.05, 0) is 24.0 Å². The molecule has 0 aliphatic rings. The molecule has 1 unspecified atom stereocenters. The molecule has 0 radical (unpaired) electrons. The molecule has 108 valence electrons. The van der Waals surface area contributed by atoms with Gasteiger partial charge in [-0.25, -0.2) is 9.67 Å². The molecule has 1 aromatic carbocycles. The summed E-state index contributed by atoms with van der Waals surface area (Å²) in [7, 11) is 0. The highest BCUT2D eigenvalue weighted by molar-refractivity contribution is 6.32. The number of nitrogens with zero attached hydrogens (tertiary/aromatic N) is 3. The van der Waals surface area contributed by atoms with Gasteiger partial charge >= 0.3 is 0 Å². The summed E-state index contributed by atoms with van der Waals surface area (Å²) in [6.45, 7) is 7.15. The fourth-order valence-corrected chi connectivity index (χ4v) is 2.47. The first-order chi connectivity index (χ1) is 9.49. The van der Waals surface area contributed by atoms with Crippen LogP contribution in [0.5, 0.6) is 0 Å². The highest BCUT2D eigenvalue weighted by atomic mass is 35.5. The topological polar surface area (TPSA) is 56.7 Å². The molecule has 0 saturated heterocycles. The van der Waals surface area contributed by atoms with Gasteiger partial charge in [-0.2, -0.15) is 5.10 Å². The van der Waals surface area contributed by atoms with E-state index in [1.54, 1.807) is 6.33 Å². The Morgan fingerprint density at radius 2 is 2.10 bits per heavy atom. The van der Waals surface area contributed by atoms with E-state index in [4.69, 9.17) is 17.3 Å². The first-order valence-corrected chi connectivity index (χ1v) is 7.24. The van der Waals surface area contributed by atoms with Gasteiger partial charge in [0.1, 0.15) is 12.2 Å². The summed E-state index contributed by atoms with van der Waals surface area (Å²) in [4.78, 5) is 4.32. The molecule has 1 heterocycles. The van der Waals surface area contributed by atoms with Crippen LogP contribution in [0, 0.1) is 12.8 Å². The van der Waals surface area contributed by atoms with Crippen LogP contribution in [-0.2, 0) is 13.0 Å². The Labute approximate surface area is 125 Å². The average molecular weight is 293 g/mol. The van der Waals surface area contributed by atoms with E-state index in [2.05, 4.69) is 23.9 Å². The van der Waals surface area contributed by atoms with Gasteiger partial charge in [0.15, 0.2) is 0 Å². The van der Waals surface area contributed by atoms with E-state index in [9.17, 15) is 0 Å². The fourth-order valence-electron chi connectivity index (χ4n) is 2.21. The van der Waals surface area contributed by atoms with Gasteiger partial charge in [0.25, 0.3) is 0 Å². The minimum Gasteiger partial charge on any atom is -0.324 e. The highest BCUT2D eigenvalue weighted by Gasteiger charge is 2.15. The summed E-state index contributed by atoms with van der Waals surface area (Å²) in [5, 5.41) is 5.01. The quantitative estimate of drug-likeness (QED) is 0.921. The predicted octanol–water partition coefficient (Wildman–Crippen LogP) is 3.14. The predicted molar refractivity (Wildman–Crippen MR) is 81.7 cm³/mol. The Hall–Kier alpha value is -1.39. The molecule has 0 bridgehead atoms. The first-order valence-electron chi connectivity index (χ1n) is 6.86. The van der Waals surface area contributed by atoms with E-state index in [0.29, 0.717) is 12.3 Å². The summed E-state index contributed by atoms with van der Waals surface area (Å²) >= 11 is 6.33. The fraction of sp³-hybridized carbons (Fsp3) is 0.467. The van der Waals surface area contributed by atoms with Gasteiger partial charge in [0.2, 0.25) is 0 Å². The van der Waals surface area contributed by atoms with E-state index in [1.807, 2.05) is 29.8 Å². The van der Waals surface area contributed by atoms with E-state index in [1.165, 1.54) is 0 Å². The van der Waals surface area contributed by atoms with Crippen LogP contribution in [-0.4, -0.2) is 14.8 Å². The lowest BCUT2D eigenvalue weighted by Crippen LogP contribution is -2.19. The maximum atomic E-state index is 6.33. The number of halogens is 1. The van der Waals surface area contributed by atoms with Crippen LogP contribution in [0.25, 0.3) is 0 Å². The smallest absolute Gasteiger partial charge is 0.138 e. The van der Waals surface area contributed by atoms with Crippen molar-refractivity contribution < 1.29 is 0 Å². The van der Waals surface area contributed by atoms with Crippen molar-refractivity contribution in [2.45, 2.75) is 39.8 Å². The lowest BCUT2D eigenvalue weighted by atomic mass is 10.0. The number of rotatable bonds is 5. The van der Waals surface area contributed by atoms with Crippen molar-refractivity contribution >= 4 is 11.6 Å². The highest BCUT2D eigenvalue weighted by Crippen LogP contribution is 2.26. The summed E-state index contributed by atoms with van der Waals surface area (Å²) in [6.07, 6.45) is 2.22. The Kier molecular flexibility index (Phi) is 4.78. The van der Waals surface area contributed by atoms with Crippen LogP contribution in [0.2, 0.25) is 5.02 Å². The number of benzene rings is 1. The van der Waals surface area contributed by atoms with Crippen molar-refractivity contribution in [3.05, 3.63) is 46.5 Å². The summed E-state index contributed by atoms with van der Waals surface area (Å²) in [6, 6.07) is 5.77. The minimum absolute atomic E-state index is 0.169. The molecular weight excluding hydrogens is 272 g/mol. The van der Waals surface area contributed by atoms with Crippen LogP contribution in [0.1, 0.15) is 36.8 Å². The molecule has 2 rings (SSSR count). The van der Waals surface area contributed by atoms with E-state index in [0.717, 1.165) is 28.5 Å². The second-order valence-electron chi connectivity index (χ2n) is 5.54. The van der Waals surface area contributed by atoms with E-state index >= 15 is 0 Å². The largest absolute Gasteiger partial charge is 0.324 e. The first kappa shape index (κ1) is 15.0. The molecule has 0 aliphatic carbocycles. The standard InChI is InChI=1S/C15H21ClN4/c1-10(2)8-20-14(18-9-19-20)7-13(17)12-6-4-5-11(3)15(12)16/h4-6,9-10,13H,7-8,17H2,1-3H3. The number of hydrogen-bond donors (Lipinski definition) is 1. The van der Waals surface area contributed by atoms with Crippen molar-refractivity contribution in [1.82, 2.24) is 14.8 Å². The third-order valence-electron chi connectivity index (χ3n) is 3.26. The zero-order chi connectivity index (χ0) is 14.7. The second-order valence-corrected chi connectivity index (χ2v) is 5.92. The van der Waals surface area contributed by atoms with Crippen molar-refractivity contribution in [3.63, 3.8) is 0 Å². The third kappa shape index (κ3) is 3.38. The molecule has 2 aromatic rings. The van der Waals surface area contributed by atoms with Crippen molar-refractivity contribution in [2.75, 3.05) is 0 Å². The minimum atomic E-state index is -0.169. The van der Waals surface area contributed by atoms with Gasteiger partial charge in [-0.3, -0.25) is 0 Å². The van der Waals surface area contributed by atoms with Gasteiger partial charge < -0.3 is 5.73 Å². The number of hydrogen-bond acceptors (Lipinski definition) is 3. The summed E-state index contributed by atoms with van der Waals surface area (Å²) in [5.74, 6) is 1.43. The zero-order valence-corrected chi connectivity index (χ0v) is 12.9. The lowest BCUT2D eigenvalue weighted by molar-refractivity contribution is 0.459. The molecule has 0 amide bonds. The van der Waals surface area contributed by atoms with Gasteiger partial charge in [0.05, 0.1) is 0 Å². The Morgan fingerprint density at radius 1 is 1.35 bits per heavy atom. The normalized spacial score (nSPS) is 12.9. The van der Waals surface area contributed by atoms with Crippen LogP contribution >= 0.6 is 11.6 Å². The van der Waals surface area contributed by atoms with Crippen molar-refractivity contribution in [2.24, 2.45) is 11.7 Å². The van der Waals surface area contributed by atoms with E-state index in [-0.39, 0.29) is 6.04 Å². The maximum Gasteiger partial charge on any atom is 0.138 e. The van der Waals surface area contributed by atoms with Crippen LogP contribution in [0.4, 0.5) is 0 Å². The molecule has 0 fully saturated rings. The molecule has 0 aliphatic heterocycles. The third-order valence-corrected chi connectivity index (χ3v) is 3.77. The SMILES string of the molecule is Cc1cccc(C(N)Cc2ncnn2CC(C)C)c1Cl. The van der Waals surface area contributed by atoms with Crippen molar-refractivity contribution in [3.8, 4) is 0 Å². The van der Waals surface area contributed by atoms with Crippen molar-refractivity contribution in [1.29, 1.82) is 0 Å². The molecule has 1 atom stereocenters. The lowest BCUT2D eigenvalue weighted by Gasteiger charge is -2.15. The Balaban J connectivity index is 2.17. The molecule has 20 heavy (non-hydrogen) atoms. The number of aryl methyl sites for hydroxylation is 1. The number of nitrogens with two attached hydrogens (primary N) is 1. The second kappa shape index (κ2) is 6.37. The van der Waals surface area contributed by atoms with Crippen LogP contribution < -0.4 is 5.73 Å². The van der Waals surface area contributed by atoms with Crippen LogP contribution in [0.15, 0.2) is 24.5 Å². The monoisotopic (exact) mass is 292 g/mol. The molecule has 5 heteroatoms. The summed E-state index contributed by atoms with van der Waals surface area (Å²) in [5.41, 5.74) is 8.30. The molecule has 0 spiro atoms. The van der Waals surface area contributed by atoms with E-state index < -0.39 is 0 Å². The Morgan fingerprint density at radius 3 is 2.80 bits per heavy atom. The number of aromatic nitrogens is 3. The van der Waals surface area contributed by atoms with Gasteiger partial charge in [0, 0.05) is 24.0 Å². The molecule has 4 nitrogen and oxygen atoms in total.